The lowest BCUT2D eigenvalue weighted by atomic mass is 9.72. The smallest absolute Gasteiger partial charge is 0.126 e. The van der Waals surface area contributed by atoms with Crippen LogP contribution in [-0.4, -0.2) is 33.9 Å². The number of nitrogens with one attached hydrogen (secondary N) is 1. The van der Waals surface area contributed by atoms with Gasteiger partial charge in [-0.2, -0.15) is 0 Å². The topological polar surface area (TPSA) is 30.5 Å². The maximum atomic E-state index is 5.72. The van der Waals surface area contributed by atoms with Crippen molar-refractivity contribution in [1.82, 2.24) is 5.32 Å². The highest BCUT2D eigenvalue weighted by Crippen LogP contribution is 2.44. The number of benzene rings is 1. The Morgan fingerprint density at radius 3 is 2.42 bits per heavy atom. The summed E-state index contributed by atoms with van der Waals surface area (Å²) in [7, 11) is 3.77. The van der Waals surface area contributed by atoms with Crippen LogP contribution in [-0.2, 0) is 10.2 Å². The van der Waals surface area contributed by atoms with Crippen LogP contribution in [0.2, 0.25) is 0 Å². The van der Waals surface area contributed by atoms with Crippen molar-refractivity contribution in [3.8, 4) is 5.75 Å². The third-order valence-corrected chi connectivity index (χ3v) is 4.33. The van der Waals surface area contributed by atoms with Crippen molar-refractivity contribution in [1.29, 1.82) is 0 Å². The Morgan fingerprint density at radius 1 is 1.26 bits per heavy atom. The molecular formula is C16H25NO2. The molecule has 0 radical (unpaired) electrons. The molecule has 0 amide bonds. The SMILES string of the molecule is CNCCC1(c2c(C)cc(C)c(C)c2OC)COC1. The van der Waals surface area contributed by atoms with Gasteiger partial charge in [-0.1, -0.05) is 6.07 Å². The third-order valence-electron chi connectivity index (χ3n) is 4.33. The van der Waals surface area contributed by atoms with Crippen molar-refractivity contribution >= 4 is 0 Å². The summed E-state index contributed by atoms with van der Waals surface area (Å²) in [4.78, 5) is 0. The fraction of sp³-hybridized carbons (Fsp3) is 0.625. The van der Waals surface area contributed by atoms with Gasteiger partial charge >= 0.3 is 0 Å². The normalized spacial score (nSPS) is 17.1. The van der Waals surface area contributed by atoms with Crippen LogP contribution in [0.3, 0.4) is 0 Å². The van der Waals surface area contributed by atoms with Gasteiger partial charge in [0.25, 0.3) is 0 Å². The van der Waals surface area contributed by atoms with Crippen LogP contribution in [0.15, 0.2) is 6.07 Å². The van der Waals surface area contributed by atoms with Crippen LogP contribution in [0.5, 0.6) is 5.75 Å². The third kappa shape index (κ3) is 2.37. The number of rotatable bonds is 5. The van der Waals surface area contributed by atoms with E-state index in [2.05, 4.69) is 32.2 Å². The van der Waals surface area contributed by atoms with E-state index in [0.29, 0.717) is 0 Å². The highest BCUT2D eigenvalue weighted by atomic mass is 16.5. The minimum Gasteiger partial charge on any atom is -0.496 e. The van der Waals surface area contributed by atoms with Gasteiger partial charge in [0.05, 0.1) is 20.3 Å². The van der Waals surface area contributed by atoms with Crippen LogP contribution in [0.1, 0.15) is 28.7 Å². The lowest BCUT2D eigenvalue weighted by Gasteiger charge is -2.44. The molecule has 1 saturated heterocycles. The first-order valence-corrected chi connectivity index (χ1v) is 6.93. The molecule has 0 aliphatic carbocycles. The zero-order valence-corrected chi connectivity index (χ0v) is 12.7. The van der Waals surface area contributed by atoms with E-state index >= 15 is 0 Å². The summed E-state index contributed by atoms with van der Waals surface area (Å²) in [6, 6.07) is 2.27. The molecule has 2 rings (SSSR count). The minimum absolute atomic E-state index is 0.122. The number of methoxy groups -OCH3 is 1. The Balaban J connectivity index is 2.50. The fourth-order valence-electron chi connectivity index (χ4n) is 3.09. The molecule has 1 N–H and O–H groups in total. The first-order valence-electron chi connectivity index (χ1n) is 6.93. The van der Waals surface area contributed by atoms with Crippen molar-refractivity contribution < 1.29 is 9.47 Å². The number of aryl methyl sites for hydroxylation is 2. The number of hydrogen-bond donors (Lipinski definition) is 1. The van der Waals surface area contributed by atoms with E-state index in [4.69, 9.17) is 9.47 Å². The largest absolute Gasteiger partial charge is 0.496 e. The number of ether oxygens (including phenoxy) is 2. The predicted octanol–water partition coefficient (Wildman–Crippen LogP) is 2.50. The Morgan fingerprint density at radius 2 is 1.95 bits per heavy atom. The molecule has 0 saturated carbocycles. The summed E-state index contributed by atoms with van der Waals surface area (Å²) in [5.41, 5.74) is 5.33. The molecule has 106 valence electrons. The molecular weight excluding hydrogens is 238 g/mol. The predicted molar refractivity (Wildman–Crippen MR) is 78.2 cm³/mol. The Kier molecular flexibility index (Phi) is 4.16. The van der Waals surface area contributed by atoms with Gasteiger partial charge in [0.2, 0.25) is 0 Å². The Hall–Kier alpha value is -1.06. The molecule has 1 aliphatic heterocycles. The second-order valence-electron chi connectivity index (χ2n) is 5.67. The molecule has 0 bridgehead atoms. The second-order valence-corrected chi connectivity index (χ2v) is 5.67. The lowest BCUT2D eigenvalue weighted by molar-refractivity contribution is -0.0650. The van der Waals surface area contributed by atoms with Gasteiger partial charge in [-0.05, 0) is 57.5 Å². The summed E-state index contributed by atoms with van der Waals surface area (Å²) in [5.74, 6) is 1.05. The van der Waals surface area contributed by atoms with Crippen LogP contribution in [0, 0.1) is 20.8 Å². The van der Waals surface area contributed by atoms with E-state index in [1.165, 1.54) is 22.3 Å². The maximum Gasteiger partial charge on any atom is 0.126 e. The van der Waals surface area contributed by atoms with Crippen molar-refractivity contribution in [3.05, 3.63) is 28.3 Å². The van der Waals surface area contributed by atoms with Crippen LogP contribution in [0.4, 0.5) is 0 Å². The van der Waals surface area contributed by atoms with Crippen molar-refractivity contribution in [3.63, 3.8) is 0 Å². The summed E-state index contributed by atoms with van der Waals surface area (Å²) in [5, 5.41) is 3.25. The summed E-state index contributed by atoms with van der Waals surface area (Å²) < 4.78 is 11.3. The molecule has 1 heterocycles. The maximum absolute atomic E-state index is 5.72. The molecule has 1 aromatic rings. The highest BCUT2D eigenvalue weighted by Gasteiger charge is 2.43. The molecule has 0 spiro atoms. The molecule has 0 aromatic heterocycles. The minimum atomic E-state index is 0.122. The van der Waals surface area contributed by atoms with Crippen molar-refractivity contribution in [2.24, 2.45) is 0 Å². The quantitative estimate of drug-likeness (QED) is 0.885. The molecule has 1 aliphatic rings. The Bertz CT molecular complexity index is 464. The van der Waals surface area contributed by atoms with Gasteiger partial charge in [0.1, 0.15) is 5.75 Å². The van der Waals surface area contributed by atoms with Crippen LogP contribution < -0.4 is 10.1 Å². The van der Waals surface area contributed by atoms with E-state index in [9.17, 15) is 0 Å². The summed E-state index contributed by atoms with van der Waals surface area (Å²) in [6.07, 6.45) is 1.09. The number of hydrogen-bond acceptors (Lipinski definition) is 3. The molecule has 3 nitrogen and oxygen atoms in total. The standard InChI is InChI=1S/C16H25NO2/c1-11-8-12(2)14(15(18-5)13(11)3)16(6-7-17-4)9-19-10-16/h8,17H,6-7,9-10H2,1-5H3. The monoisotopic (exact) mass is 263 g/mol. The summed E-state index contributed by atoms with van der Waals surface area (Å²) in [6.45, 7) is 9.07. The van der Waals surface area contributed by atoms with E-state index in [0.717, 1.165) is 31.9 Å². The molecule has 1 fully saturated rings. The van der Waals surface area contributed by atoms with Crippen molar-refractivity contribution in [2.75, 3.05) is 33.9 Å². The average molecular weight is 263 g/mol. The highest BCUT2D eigenvalue weighted by molar-refractivity contribution is 5.54. The van der Waals surface area contributed by atoms with Gasteiger partial charge in [-0.15, -0.1) is 0 Å². The zero-order valence-electron chi connectivity index (χ0n) is 12.7. The molecule has 0 unspecified atom stereocenters. The van der Waals surface area contributed by atoms with Gasteiger partial charge in [0.15, 0.2) is 0 Å². The molecule has 1 aromatic carbocycles. The fourth-order valence-corrected chi connectivity index (χ4v) is 3.09. The molecule has 3 heteroatoms. The second kappa shape index (κ2) is 5.51. The van der Waals surface area contributed by atoms with Gasteiger partial charge in [-0.3, -0.25) is 0 Å². The van der Waals surface area contributed by atoms with Crippen LogP contribution in [0.25, 0.3) is 0 Å². The molecule has 19 heavy (non-hydrogen) atoms. The average Bonchev–Trinajstić information content (AvgIpc) is 2.34. The van der Waals surface area contributed by atoms with E-state index in [-0.39, 0.29) is 5.41 Å². The van der Waals surface area contributed by atoms with Crippen LogP contribution >= 0.6 is 0 Å². The zero-order chi connectivity index (χ0) is 14.0. The Labute approximate surface area is 116 Å². The first-order chi connectivity index (χ1) is 9.05. The lowest BCUT2D eigenvalue weighted by Crippen LogP contribution is -2.49. The van der Waals surface area contributed by atoms with E-state index < -0.39 is 0 Å². The van der Waals surface area contributed by atoms with Crippen molar-refractivity contribution in [2.45, 2.75) is 32.6 Å². The van der Waals surface area contributed by atoms with Gasteiger partial charge in [-0.25, -0.2) is 0 Å². The van der Waals surface area contributed by atoms with Gasteiger partial charge in [0, 0.05) is 11.0 Å². The first kappa shape index (κ1) is 14.4. The summed E-state index contributed by atoms with van der Waals surface area (Å²) >= 11 is 0. The van der Waals surface area contributed by atoms with E-state index in [1.807, 2.05) is 7.05 Å². The van der Waals surface area contributed by atoms with E-state index in [1.54, 1.807) is 7.11 Å². The molecule has 0 atom stereocenters. The van der Waals surface area contributed by atoms with Gasteiger partial charge < -0.3 is 14.8 Å².